The lowest BCUT2D eigenvalue weighted by molar-refractivity contribution is -0.148. The highest BCUT2D eigenvalue weighted by Gasteiger charge is 2.48. The molecule has 0 aliphatic carbocycles. The van der Waals surface area contributed by atoms with Crippen molar-refractivity contribution >= 4 is 19.7 Å². The zero-order valence-corrected chi connectivity index (χ0v) is 15.1. The second kappa shape index (κ2) is 7.93. The Morgan fingerprint density at radius 1 is 1.42 bits per heavy atom. The molecule has 0 spiro atoms. The van der Waals surface area contributed by atoms with E-state index in [0.717, 1.165) is 13.0 Å². The van der Waals surface area contributed by atoms with E-state index in [2.05, 4.69) is 10.6 Å². The number of rotatable bonds is 6. The van der Waals surface area contributed by atoms with Crippen molar-refractivity contribution in [2.45, 2.75) is 38.9 Å². The SMILES string of the molecule is CO[P@@]1(=O)OCC(C)(C)[C@H](C(=O)NCCC(=O)OC2CCNC2)O1. The number of ether oxygens (including phenoxy) is 1. The second-order valence-electron chi connectivity index (χ2n) is 6.52. The molecule has 1 amide bonds. The van der Waals surface area contributed by atoms with Gasteiger partial charge in [-0.15, -0.1) is 0 Å². The summed E-state index contributed by atoms with van der Waals surface area (Å²) in [6, 6.07) is 0. The molecule has 0 saturated carbocycles. The summed E-state index contributed by atoms with van der Waals surface area (Å²) in [5.41, 5.74) is -0.674. The van der Waals surface area contributed by atoms with Gasteiger partial charge < -0.3 is 15.4 Å². The first kappa shape index (κ1) is 19.3. The third-order valence-electron chi connectivity index (χ3n) is 3.94. The van der Waals surface area contributed by atoms with Gasteiger partial charge in [0.1, 0.15) is 6.10 Å². The van der Waals surface area contributed by atoms with E-state index >= 15 is 0 Å². The average Bonchev–Trinajstić information content (AvgIpc) is 3.02. The van der Waals surface area contributed by atoms with Crippen LogP contribution in [0.4, 0.5) is 0 Å². The summed E-state index contributed by atoms with van der Waals surface area (Å²) in [6.07, 6.45) is -0.229. The van der Waals surface area contributed by atoms with Crippen LogP contribution in [-0.2, 0) is 32.5 Å². The first-order valence-corrected chi connectivity index (χ1v) is 9.38. The Morgan fingerprint density at radius 3 is 2.79 bits per heavy atom. The van der Waals surface area contributed by atoms with Gasteiger partial charge in [0.2, 0.25) is 5.91 Å². The molecule has 0 bridgehead atoms. The number of phosphoric ester groups is 1. The topological polar surface area (TPSA) is 112 Å². The van der Waals surface area contributed by atoms with E-state index < -0.39 is 25.2 Å². The number of hydrogen-bond acceptors (Lipinski definition) is 8. The Labute approximate surface area is 141 Å². The Bertz CT molecular complexity index is 519. The molecule has 138 valence electrons. The fraction of sp³-hybridized carbons (Fsp3) is 0.857. The van der Waals surface area contributed by atoms with Crippen LogP contribution >= 0.6 is 7.82 Å². The smallest absolute Gasteiger partial charge is 0.461 e. The molecular weight excluding hydrogens is 339 g/mol. The van der Waals surface area contributed by atoms with Crippen molar-refractivity contribution in [3.8, 4) is 0 Å². The van der Waals surface area contributed by atoms with Gasteiger partial charge in [-0.3, -0.25) is 23.2 Å². The zero-order valence-electron chi connectivity index (χ0n) is 14.2. The molecule has 10 heteroatoms. The summed E-state index contributed by atoms with van der Waals surface area (Å²) < 4.78 is 32.4. The van der Waals surface area contributed by atoms with Crippen LogP contribution < -0.4 is 10.6 Å². The molecule has 1 unspecified atom stereocenters. The molecule has 24 heavy (non-hydrogen) atoms. The van der Waals surface area contributed by atoms with Crippen LogP contribution in [0, 0.1) is 5.41 Å². The van der Waals surface area contributed by atoms with E-state index in [1.807, 2.05) is 0 Å². The third kappa shape index (κ3) is 5.00. The lowest BCUT2D eigenvalue weighted by atomic mass is 9.87. The van der Waals surface area contributed by atoms with E-state index in [1.165, 1.54) is 7.11 Å². The Balaban J connectivity index is 1.79. The second-order valence-corrected chi connectivity index (χ2v) is 8.25. The highest BCUT2D eigenvalue weighted by molar-refractivity contribution is 7.48. The van der Waals surface area contributed by atoms with Crippen LogP contribution in [0.5, 0.6) is 0 Å². The maximum Gasteiger partial charge on any atom is 0.475 e. The fourth-order valence-electron chi connectivity index (χ4n) is 2.48. The molecule has 2 heterocycles. The van der Waals surface area contributed by atoms with Crippen molar-refractivity contribution < 1.29 is 32.5 Å². The Morgan fingerprint density at radius 2 is 2.17 bits per heavy atom. The minimum Gasteiger partial charge on any atom is -0.461 e. The van der Waals surface area contributed by atoms with E-state index in [1.54, 1.807) is 13.8 Å². The lowest BCUT2D eigenvalue weighted by Crippen LogP contribution is -2.49. The number of hydrogen-bond donors (Lipinski definition) is 2. The molecule has 2 saturated heterocycles. The van der Waals surface area contributed by atoms with Crippen LogP contribution in [0.25, 0.3) is 0 Å². The lowest BCUT2D eigenvalue weighted by Gasteiger charge is -2.39. The van der Waals surface area contributed by atoms with Gasteiger partial charge in [-0.05, 0) is 13.0 Å². The summed E-state index contributed by atoms with van der Waals surface area (Å²) in [5.74, 6) is -0.824. The van der Waals surface area contributed by atoms with Gasteiger partial charge in [-0.2, -0.15) is 0 Å². The molecule has 2 aliphatic rings. The van der Waals surface area contributed by atoms with Gasteiger partial charge in [-0.25, -0.2) is 4.57 Å². The van der Waals surface area contributed by atoms with Gasteiger partial charge in [0.05, 0.1) is 13.0 Å². The van der Waals surface area contributed by atoms with Crippen molar-refractivity contribution in [3.05, 3.63) is 0 Å². The van der Waals surface area contributed by atoms with Gasteiger partial charge in [0.25, 0.3) is 0 Å². The molecule has 0 aromatic carbocycles. The highest BCUT2D eigenvalue weighted by atomic mass is 31.2. The number of carbonyl (C=O) groups is 2. The van der Waals surface area contributed by atoms with Crippen LogP contribution in [0.2, 0.25) is 0 Å². The number of nitrogens with one attached hydrogen (secondary N) is 2. The minimum atomic E-state index is -3.72. The third-order valence-corrected chi connectivity index (χ3v) is 5.30. The molecule has 3 atom stereocenters. The summed E-state index contributed by atoms with van der Waals surface area (Å²) in [4.78, 5) is 24.0. The first-order chi connectivity index (χ1) is 11.3. The molecule has 0 aromatic rings. The van der Waals surface area contributed by atoms with E-state index in [4.69, 9.17) is 18.3 Å². The average molecular weight is 364 g/mol. The standard InChI is InChI=1S/C14H25N2O7P/c1-14(2)9-21-24(19,20-3)23-12(14)13(18)16-7-5-11(17)22-10-4-6-15-8-10/h10,12,15H,4-9H2,1-3H3,(H,16,18)/t10?,12-,24-/m0/s1. The predicted molar refractivity (Wildman–Crippen MR) is 84.2 cm³/mol. The number of phosphoric acid groups is 1. The van der Waals surface area contributed by atoms with E-state index in [0.29, 0.717) is 6.54 Å². The van der Waals surface area contributed by atoms with Gasteiger partial charge >= 0.3 is 13.8 Å². The first-order valence-electron chi connectivity index (χ1n) is 7.92. The van der Waals surface area contributed by atoms with Gasteiger partial charge in [0, 0.05) is 25.6 Å². The Kier molecular flexibility index (Phi) is 6.39. The maximum atomic E-state index is 12.3. The van der Waals surface area contributed by atoms with Gasteiger partial charge in [0.15, 0.2) is 6.10 Å². The normalized spacial score (nSPS) is 32.3. The summed E-state index contributed by atoms with van der Waals surface area (Å²) >= 11 is 0. The molecule has 2 aliphatic heterocycles. The van der Waals surface area contributed by atoms with E-state index in [9.17, 15) is 14.2 Å². The molecule has 0 radical (unpaired) electrons. The van der Waals surface area contributed by atoms with Crippen molar-refractivity contribution in [1.82, 2.24) is 10.6 Å². The van der Waals surface area contributed by atoms with Crippen LogP contribution in [0.15, 0.2) is 0 Å². The molecule has 2 fully saturated rings. The largest absolute Gasteiger partial charge is 0.475 e. The fourth-order valence-corrected chi connectivity index (χ4v) is 3.86. The maximum absolute atomic E-state index is 12.3. The van der Waals surface area contributed by atoms with Crippen molar-refractivity contribution in [2.75, 3.05) is 33.4 Å². The summed E-state index contributed by atoms with van der Waals surface area (Å²) in [7, 11) is -2.52. The van der Waals surface area contributed by atoms with Crippen molar-refractivity contribution in [2.24, 2.45) is 5.41 Å². The molecule has 9 nitrogen and oxygen atoms in total. The van der Waals surface area contributed by atoms with Crippen molar-refractivity contribution in [3.63, 3.8) is 0 Å². The van der Waals surface area contributed by atoms with Crippen LogP contribution in [0.1, 0.15) is 26.7 Å². The van der Waals surface area contributed by atoms with Crippen molar-refractivity contribution in [1.29, 1.82) is 0 Å². The van der Waals surface area contributed by atoms with Crippen LogP contribution in [0.3, 0.4) is 0 Å². The predicted octanol–water partition coefficient (Wildman–Crippen LogP) is 0.594. The summed E-state index contributed by atoms with van der Waals surface area (Å²) in [5, 5.41) is 5.72. The molecule has 2 N–H and O–H groups in total. The van der Waals surface area contributed by atoms with Crippen LogP contribution in [-0.4, -0.2) is 57.4 Å². The molecule has 0 aromatic heterocycles. The highest BCUT2D eigenvalue weighted by Crippen LogP contribution is 2.56. The quantitative estimate of drug-likeness (QED) is 0.520. The summed E-state index contributed by atoms with van der Waals surface area (Å²) in [6.45, 7) is 5.20. The number of esters is 1. The monoisotopic (exact) mass is 364 g/mol. The molecular formula is C14H25N2O7P. The van der Waals surface area contributed by atoms with Gasteiger partial charge in [-0.1, -0.05) is 13.8 Å². The minimum absolute atomic E-state index is 0.0624. The van der Waals surface area contributed by atoms with E-state index in [-0.39, 0.29) is 31.6 Å². The Hall–Kier alpha value is -0.990. The number of amides is 1. The number of carbonyl (C=O) groups excluding carboxylic acids is 2. The molecule has 2 rings (SSSR count). The zero-order chi connectivity index (χ0) is 17.8.